The fourth-order valence-corrected chi connectivity index (χ4v) is 2.75. The lowest BCUT2D eigenvalue weighted by Crippen LogP contribution is -2.28. The highest BCUT2D eigenvalue weighted by molar-refractivity contribution is 5.75. The van der Waals surface area contributed by atoms with Crippen molar-refractivity contribution in [1.82, 2.24) is 20.2 Å². The van der Waals surface area contributed by atoms with Crippen LogP contribution >= 0.6 is 0 Å². The summed E-state index contributed by atoms with van der Waals surface area (Å²) < 4.78 is 2.28. The summed E-state index contributed by atoms with van der Waals surface area (Å²) in [4.78, 5) is 16.7. The zero-order valence-electron chi connectivity index (χ0n) is 13.8. The first kappa shape index (κ1) is 16.0. The van der Waals surface area contributed by atoms with Gasteiger partial charge in [0.25, 0.3) is 0 Å². The Labute approximate surface area is 127 Å². The third-order valence-electron chi connectivity index (χ3n) is 3.79. The molecule has 5 nitrogen and oxygen atoms in total. The van der Waals surface area contributed by atoms with E-state index >= 15 is 0 Å². The normalized spacial score (nSPS) is 14.9. The predicted octanol–water partition coefficient (Wildman–Crippen LogP) is 1.74. The molecule has 0 spiro atoms. The van der Waals surface area contributed by atoms with Crippen LogP contribution in [-0.4, -0.2) is 28.5 Å². The van der Waals surface area contributed by atoms with Gasteiger partial charge in [-0.05, 0) is 6.42 Å². The highest BCUT2D eigenvalue weighted by Crippen LogP contribution is 2.26. The second-order valence-electron chi connectivity index (χ2n) is 6.76. The Balaban J connectivity index is 2.16. The molecule has 1 aromatic rings. The fraction of sp³-hybridized carbons (Fsp3) is 0.750. The Morgan fingerprint density at radius 1 is 1.43 bits per heavy atom. The lowest BCUT2D eigenvalue weighted by molar-refractivity contribution is -0.121. The van der Waals surface area contributed by atoms with E-state index < -0.39 is 0 Å². The molecule has 0 bridgehead atoms. The van der Waals surface area contributed by atoms with Crippen LogP contribution in [0.25, 0.3) is 0 Å². The maximum Gasteiger partial charge on any atom is 0.221 e. The molecule has 2 rings (SSSR count). The molecule has 1 amide bonds. The van der Waals surface area contributed by atoms with E-state index in [9.17, 15) is 4.79 Å². The van der Waals surface area contributed by atoms with Gasteiger partial charge in [0.15, 0.2) is 0 Å². The standard InChI is InChI=1S/C16H28N4O/c1-5-8-18-14(21)7-10-20-13-6-9-17-11-12(13)19-15(20)16(2,3)4/h17H,5-11H2,1-4H3,(H,18,21). The number of nitrogens with zero attached hydrogens (tertiary/aromatic N) is 2. The number of nitrogens with one attached hydrogen (secondary N) is 2. The van der Waals surface area contributed by atoms with Gasteiger partial charge in [0, 0.05) is 50.1 Å². The molecular formula is C16H28N4O. The number of hydrogen-bond donors (Lipinski definition) is 2. The van der Waals surface area contributed by atoms with E-state index in [0.717, 1.165) is 50.5 Å². The third-order valence-corrected chi connectivity index (χ3v) is 3.79. The largest absolute Gasteiger partial charge is 0.356 e. The van der Waals surface area contributed by atoms with Crippen molar-refractivity contribution in [3.8, 4) is 0 Å². The first-order valence-corrected chi connectivity index (χ1v) is 7.99. The second-order valence-corrected chi connectivity index (χ2v) is 6.76. The Morgan fingerprint density at radius 3 is 2.86 bits per heavy atom. The van der Waals surface area contributed by atoms with Crippen molar-refractivity contribution in [3.63, 3.8) is 0 Å². The number of rotatable bonds is 5. The van der Waals surface area contributed by atoms with Crippen molar-refractivity contribution in [3.05, 3.63) is 17.2 Å². The Hall–Kier alpha value is -1.36. The number of amides is 1. The van der Waals surface area contributed by atoms with Crippen LogP contribution in [0.3, 0.4) is 0 Å². The molecule has 1 aliphatic heterocycles. The van der Waals surface area contributed by atoms with Crippen LogP contribution in [0.4, 0.5) is 0 Å². The molecule has 1 aliphatic rings. The smallest absolute Gasteiger partial charge is 0.221 e. The minimum Gasteiger partial charge on any atom is -0.356 e. The van der Waals surface area contributed by atoms with Crippen LogP contribution in [0, 0.1) is 0 Å². The summed E-state index contributed by atoms with van der Waals surface area (Å²) in [6.45, 7) is 11.9. The summed E-state index contributed by atoms with van der Waals surface area (Å²) >= 11 is 0. The van der Waals surface area contributed by atoms with E-state index in [1.54, 1.807) is 0 Å². The summed E-state index contributed by atoms with van der Waals surface area (Å²) in [7, 11) is 0. The SMILES string of the molecule is CCCNC(=O)CCn1c(C(C)(C)C)nc2c1CCNC2. The predicted molar refractivity (Wildman–Crippen MR) is 84.3 cm³/mol. The van der Waals surface area contributed by atoms with Crippen molar-refractivity contribution in [2.45, 2.75) is 65.5 Å². The monoisotopic (exact) mass is 292 g/mol. The number of carbonyl (C=O) groups is 1. The number of fused-ring (bicyclic) bond motifs is 1. The molecule has 118 valence electrons. The summed E-state index contributed by atoms with van der Waals surface area (Å²) in [5.41, 5.74) is 2.46. The average Bonchev–Trinajstić information content (AvgIpc) is 2.81. The van der Waals surface area contributed by atoms with Crippen molar-refractivity contribution < 1.29 is 4.79 Å². The van der Waals surface area contributed by atoms with Crippen LogP contribution < -0.4 is 10.6 Å². The zero-order valence-corrected chi connectivity index (χ0v) is 13.8. The number of carbonyl (C=O) groups excluding carboxylic acids is 1. The molecule has 0 unspecified atom stereocenters. The summed E-state index contributed by atoms with van der Waals surface area (Å²) in [5, 5.41) is 6.32. The summed E-state index contributed by atoms with van der Waals surface area (Å²) in [5.74, 6) is 1.23. The van der Waals surface area contributed by atoms with Gasteiger partial charge in [-0.2, -0.15) is 0 Å². The lowest BCUT2D eigenvalue weighted by Gasteiger charge is -2.21. The number of imidazole rings is 1. The van der Waals surface area contributed by atoms with Gasteiger partial charge >= 0.3 is 0 Å². The van der Waals surface area contributed by atoms with Gasteiger partial charge in [0.05, 0.1) is 5.69 Å². The first-order valence-electron chi connectivity index (χ1n) is 7.99. The molecule has 0 radical (unpaired) electrons. The van der Waals surface area contributed by atoms with E-state index in [1.165, 1.54) is 5.69 Å². The fourth-order valence-electron chi connectivity index (χ4n) is 2.75. The first-order chi connectivity index (χ1) is 9.93. The molecule has 0 aromatic carbocycles. The summed E-state index contributed by atoms with van der Waals surface area (Å²) in [6, 6.07) is 0. The van der Waals surface area contributed by atoms with E-state index in [-0.39, 0.29) is 11.3 Å². The maximum atomic E-state index is 11.9. The van der Waals surface area contributed by atoms with Crippen LogP contribution in [0.15, 0.2) is 0 Å². The van der Waals surface area contributed by atoms with Gasteiger partial charge in [-0.1, -0.05) is 27.7 Å². The molecule has 1 aromatic heterocycles. The van der Waals surface area contributed by atoms with Gasteiger partial charge < -0.3 is 15.2 Å². The summed E-state index contributed by atoms with van der Waals surface area (Å²) in [6.07, 6.45) is 2.50. The van der Waals surface area contributed by atoms with E-state index in [2.05, 4.69) is 42.9 Å². The van der Waals surface area contributed by atoms with Crippen LogP contribution in [0.1, 0.15) is 57.7 Å². The van der Waals surface area contributed by atoms with Crippen molar-refractivity contribution in [2.75, 3.05) is 13.1 Å². The van der Waals surface area contributed by atoms with Gasteiger partial charge in [0.2, 0.25) is 5.91 Å². The molecule has 2 heterocycles. The Bertz CT molecular complexity index is 499. The second kappa shape index (κ2) is 6.60. The average molecular weight is 292 g/mol. The molecule has 0 saturated heterocycles. The van der Waals surface area contributed by atoms with Gasteiger partial charge in [-0.25, -0.2) is 4.98 Å². The van der Waals surface area contributed by atoms with E-state index in [1.807, 2.05) is 0 Å². The topological polar surface area (TPSA) is 59.0 Å². The zero-order chi connectivity index (χ0) is 15.5. The van der Waals surface area contributed by atoms with Crippen LogP contribution in [-0.2, 0) is 29.7 Å². The highest BCUT2D eigenvalue weighted by Gasteiger charge is 2.27. The van der Waals surface area contributed by atoms with E-state index in [4.69, 9.17) is 4.98 Å². The highest BCUT2D eigenvalue weighted by atomic mass is 16.1. The van der Waals surface area contributed by atoms with Gasteiger partial charge in [0.1, 0.15) is 5.82 Å². The molecule has 0 aliphatic carbocycles. The molecule has 5 heteroatoms. The maximum absolute atomic E-state index is 11.9. The lowest BCUT2D eigenvalue weighted by atomic mass is 9.95. The minimum absolute atomic E-state index is 0.00274. The van der Waals surface area contributed by atoms with Crippen molar-refractivity contribution in [1.29, 1.82) is 0 Å². The minimum atomic E-state index is -0.00274. The van der Waals surface area contributed by atoms with Crippen LogP contribution in [0.2, 0.25) is 0 Å². The molecule has 0 atom stereocenters. The molecule has 2 N–H and O–H groups in total. The molecule has 0 fully saturated rings. The molecule has 0 saturated carbocycles. The Kier molecular flexibility index (Phi) is 5.04. The van der Waals surface area contributed by atoms with E-state index in [0.29, 0.717) is 6.42 Å². The molecule has 21 heavy (non-hydrogen) atoms. The number of hydrogen-bond acceptors (Lipinski definition) is 3. The number of aromatic nitrogens is 2. The third kappa shape index (κ3) is 3.84. The van der Waals surface area contributed by atoms with Crippen molar-refractivity contribution >= 4 is 5.91 Å². The van der Waals surface area contributed by atoms with Gasteiger partial charge in [-0.3, -0.25) is 4.79 Å². The van der Waals surface area contributed by atoms with Crippen LogP contribution in [0.5, 0.6) is 0 Å². The van der Waals surface area contributed by atoms with Gasteiger partial charge in [-0.15, -0.1) is 0 Å². The van der Waals surface area contributed by atoms with Crippen molar-refractivity contribution in [2.24, 2.45) is 0 Å². The quantitative estimate of drug-likeness (QED) is 0.869. The molecular weight excluding hydrogens is 264 g/mol. The Morgan fingerprint density at radius 2 is 2.19 bits per heavy atom.